The molecule has 5 nitrogen and oxygen atoms in total. The van der Waals surface area contributed by atoms with Crippen LogP contribution < -0.4 is 10.9 Å². The Hall–Kier alpha value is -1.82. The van der Waals surface area contributed by atoms with Crippen LogP contribution in [0.2, 0.25) is 0 Å². The van der Waals surface area contributed by atoms with Crippen molar-refractivity contribution in [3.05, 3.63) is 34.6 Å². The van der Waals surface area contributed by atoms with E-state index < -0.39 is 0 Å². The first-order chi connectivity index (χ1) is 11.9. The van der Waals surface area contributed by atoms with Crippen LogP contribution in [0.15, 0.2) is 34.2 Å². The molecule has 0 saturated carbocycles. The Labute approximate surface area is 153 Å². The molecule has 1 amide bonds. The van der Waals surface area contributed by atoms with Gasteiger partial charge in [-0.3, -0.25) is 14.2 Å². The third kappa shape index (κ3) is 5.33. The van der Waals surface area contributed by atoms with Crippen molar-refractivity contribution in [2.45, 2.75) is 58.3 Å². The van der Waals surface area contributed by atoms with Gasteiger partial charge in [0.15, 0.2) is 5.16 Å². The minimum Gasteiger partial charge on any atom is -0.353 e. The monoisotopic (exact) mass is 361 g/mol. The fourth-order valence-corrected chi connectivity index (χ4v) is 3.51. The van der Waals surface area contributed by atoms with Crippen molar-refractivity contribution in [2.75, 3.05) is 5.75 Å². The lowest BCUT2D eigenvalue weighted by Crippen LogP contribution is -2.34. The quantitative estimate of drug-likeness (QED) is 0.578. The minimum absolute atomic E-state index is 0.0219. The van der Waals surface area contributed by atoms with Gasteiger partial charge in [-0.2, -0.15) is 0 Å². The molecule has 1 atom stereocenters. The average molecular weight is 362 g/mol. The van der Waals surface area contributed by atoms with E-state index in [1.54, 1.807) is 10.6 Å². The number of aromatic nitrogens is 2. The number of rotatable bonds is 8. The summed E-state index contributed by atoms with van der Waals surface area (Å²) < 4.78 is 1.63. The molecule has 25 heavy (non-hydrogen) atoms. The van der Waals surface area contributed by atoms with Gasteiger partial charge in [0.2, 0.25) is 5.91 Å². The summed E-state index contributed by atoms with van der Waals surface area (Å²) in [7, 11) is 0. The molecule has 1 aromatic carbocycles. The molecule has 6 heteroatoms. The van der Waals surface area contributed by atoms with Gasteiger partial charge >= 0.3 is 0 Å². The molecule has 1 N–H and O–H groups in total. The molecule has 0 aliphatic heterocycles. The maximum atomic E-state index is 12.6. The van der Waals surface area contributed by atoms with Crippen LogP contribution in [0.4, 0.5) is 0 Å². The molecule has 1 heterocycles. The molecule has 0 bridgehead atoms. The summed E-state index contributed by atoms with van der Waals surface area (Å²) in [6, 6.07) is 7.48. The van der Waals surface area contributed by atoms with Gasteiger partial charge in [0.25, 0.3) is 5.56 Å². The number of hydrogen-bond donors (Lipinski definition) is 1. The summed E-state index contributed by atoms with van der Waals surface area (Å²) in [5, 5.41) is 4.23. The smallest absolute Gasteiger partial charge is 0.262 e. The van der Waals surface area contributed by atoms with E-state index in [2.05, 4.69) is 24.1 Å². The zero-order valence-corrected chi connectivity index (χ0v) is 16.2. The first kappa shape index (κ1) is 19.5. The SMILES string of the molecule is CCn1c(SCC(=O)N[C@@H](C)CCC(C)C)nc2ccccc2c1=O. The lowest BCUT2D eigenvalue weighted by atomic mass is 10.0. The van der Waals surface area contributed by atoms with Crippen LogP contribution in [0.25, 0.3) is 10.9 Å². The number of thioether (sulfide) groups is 1. The number of para-hydroxylation sites is 1. The van der Waals surface area contributed by atoms with Crippen molar-refractivity contribution in [1.29, 1.82) is 0 Å². The number of carbonyl (C=O) groups is 1. The van der Waals surface area contributed by atoms with Crippen LogP contribution in [0.3, 0.4) is 0 Å². The van der Waals surface area contributed by atoms with Crippen LogP contribution in [0, 0.1) is 5.92 Å². The maximum Gasteiger partial charge on any atom is 0.262 e. The molecule has 0 saturated heterocycles. The predicted octanol–water partition coefficient (Wildman–Crippen LogP) is 3.45. The highest BCUT2D eigenvalue weighted by molar-refractivity contribution is 7.99. The number of nitrogens with one attached hydrogen (secondary N) is 1. The van der Waals surface area contributed by atoms with Crippen LogP contribution in [0.5, 0.6) is 0 Å². The van der Waals surface area contributed by atoms with Crippen LogP contribution in [-0.2, 0) is 11.3 Å². The molecular formula is C19H27N3O2S. The second-order valence-electron chi connectivity index (χ2n) is 6.69. The summed E-state index contributed by atoms with van der Waals surface area (Å²) in [6.45, 7) is 8.84. The van der Waals surface area contributed by atoms with E-state index in [0.29, 0.717) is 28.5 Å². The van der Waals surface area contributed by atoms with Crippen molar-refractivity contribution in [1.82, 2.24) is 14.9 Å². The summed E-state index contributed by atoms with van der Waals surface area (Å²) >= 11 is 1.31. The van der Waals surface area contributed by atoms with E-state index >= 15 is 0 Å². The zero-order chi connectivity index (χ0) is 18.4. The highest BCUT2D eigenvalue weighted by Gasteiger charge is 2.13. The molecule has 136 valence electrons. The average Bonchev–Trinajstić information content (AvgIpc) is 2.58. The molecule has 2 rings (SSSR count). The topological polar surface area (TPSA) is 64.0 Å². The van der Waals surface area contributed by atoms with Crippen molar-refractivity contribution < 1.29 is 4.79 Å². The molecule has 2 aromatic rings. The highest BCUT2D eigenvalue weighted by atomic mass is 32.2. The third-order valence-corrected chi connectivity index (χ3v) is 5.04. The van der Waals surface area contributed by atoms with E-state index in [0.717, 1.165) is 12.8 Å². The van der Waals surface area contributed by atoms with E-state index in [4.69, 9.17) is 0 Å². The van der Waals surface area contributed by atoms with E-state index in [-0.39, 0.29) is 23.3 Å². The van der Waals surface area contributed by atoms with Gasteiger partial charge in [0.05, 0.1) is 16.7 Å². The van der Waals surface area contributed by atoms with Gasteiger partial charge in [-0.1, -0.05) is 37.7 Å². The molecule has 0 aliphatic carbocycles. The Bertz CT molecular complexity index is 786. The fraction of sp³-hybridized carbons (Fsp3) is 0.526. The van der Waals surface area contributed by atoms with Crippen LogP contribution >= 0.6 is 11.8 Å². The number of benzene rings is 1. The summed E-state index contributed by atoms with van der Waals surface area (Å²) in [5.74, 6) is 0.873. The molecule has 0 fully saturated rings. The van der Waals surface area contributed by atoms with Gasteiger partial charge in [0.1, 0.15) is 0 Å². The predicted molar refractivity (Wildman–Crippen MR) is 104 cm³/mol. The number of fused-ring (bicyclic) bond motifs is 1. The molecular weight excluding hydrogens is 334 g/mol. The second-order valence-corrected chi connectivity index (χ2v) is 7.63. The van der Waals surface area contributed by atoms with Gasteiger partial charge in [-0.05, 0) is 44.7 Å². The standard InChI is InChI=1S/C19H27N3O2S/c1-5-22-18(24)15-8-6-7-9-16(15)21-19(22)25-12-17(23)20-14(4)11-10-13(2)3/h6-9,13-14H,5,10-12H2,1-4H3,(H,20,23)/t14-/m0/s1. The van der Waals surface area contributed by atoms with Gasteiger partial charge in [0, 0.05) is 12.6 Å². The zero-order valence-electron chi connectivity index (χ0n) is 15.4. The molecule has 0 aliphatic rings. The largest absolute Gasteiger partial charge is 0.353 e. The lowest BCUT2D eigenvalue weighted by molar-refractivity contribution is -0.119. The Morgan fingerprint density at radius 1 is 1.24 bits per heavy atom. The number of amides is 1. The van der Waals surface area contributed by atoms with Crippen molar-refractivity contribution >= 4 is 28.6 Å². The van der Waals surface area contributed by atoms with Crippen molar-refractivity contribution in [3.63, 3.8) is 0 Å². The van der Waals surface area contributed by atoms with Crippen molar-refractivity contribution in [3.8, 4) is 0 Å². The molecule has 0 unspecified atom stereocenters. The summed E-state index contributed by atoms with van der Waals surface area (Å²) in [5.41, 5.74) is 0.617. The summed E-state index contributed by atoms with van der Waals surface area (Å²) in [6.07, 6.45) is 2.07. The second kappa shape index (κ2) is 9.04. The number of hydrogen-bond acceptors (Lipinski definition) is 4. The van der Waals surface area contributed by atoms with E-state index in [1.165, 1.54) is 11.8 Å². The Morgan fingerprint density at radius 3 is 2.64 bits per heavy atom. The number of nitrogens with zero attached hydrogens (tertiary/aromatic N) is 2. The molecule has 1 aromatic heterocycles. The first-order valence-corrected chi connectivity index (χ1v) is 9.82. The van der Waals surface area contributed by atoms with Gasteiger partial charge in [-0.15, -0.1) is 0 Å². The molecule has 0 radical (unpaired) electrons. The van der Waals surface area contributed by atoms with Crippen LogP contribution in [0.1, 0.15) is 40.5 Å². The van der Waals surface area contributed by atoms with E-state index in [1.807, 2.05) is 32.0 Å². The fourth-order valence-electron chi connectivity index (χ4n) is 2.64. The van der Waals surface area contributed by atoms with Gasteiger partial charge < -0.3 is 5.32 Å². The van der Waals surface area contributed by atoms with Crippen LogP contribution in [-0.4, -0.2) is 27.3 Å². The first-order valence-electron chi connectivity index (χ1n) is 8.84. The lowest BCUT2D eigenvalue weighted by Gasteiger charge is -2.15. The minimum atomic E-state index is -0.0543. The summed E-state index contributed by atoms with van der Waals surface area (Å²) in [4.78, 5) is 29.3. The normalized spacial score (nSPS) is 12.5. The van der Waals surface area contributed by atoms with Gasteiger partial charge in [-0.25, -0.2) is 4.98 Å². The Morgan fingerprint density at radius 2 is 1.96 bits per heavy atom. The third-order valence-electron chi connectivity index (χ3n) is 4.06. The molecule has 0 spiro atoms. The Balaban J connectivity index is 2.05. The van der Waals surface area contributed by atoms with Crippen molar-refractivity contribution in [2.24, 2.45) is 5.92 Å². The maximum absolute atomic E-state index is 12.6. The number of carbonyl (C=O) groups excluding carboxylic acids is 1. The van der Waals surface area contributed by atoms with E-state index in [9.17, 15) is 9.59 Å². The Kier molecular flexibility index (Phi) is 7.05. The highest BCUT2D eigenvalue weighted by Crippen LogP contribution is 2.17.